The normalized spacial score (nSPS) is 11.6. The van der Waals surface area contributed by atoms with Gasteiger partial charge in [0, 0.05) is 30.1 Å². The van der Waals surface area contributed by atoms with Gasteiger partial charge < -0.3 is 10.1 Å². The van der Waals surface area contributed by atoms with Crippen LogP contribution in [0.15, 0.2) is 53.7 Å². The molecule has 142 valence electrons. The first kappa shape index (κ1) is 19.1. The molecule has 0 bridgehead atoms. The van der Waals surface area contributed by atoms with Crippen LogP contribution in [0, 0.1) is 12.7 Å². The zero-order chi connectivity index (χ0) is 19.6. The molecule has 2 heterocycles. The number of benzene rings is 1. The molecule has 2 aromatic heterocycles. The van der Waals surface area contributed by atoms with Crippen LogP contribution in [-0.4, -0.2) is 31.5 Å². The van der Waals surface area contributed by atoms with Crippen LogP contribution in [0.2, 0.25) is 0 Å². The van der Waals surface area contributed by atoms with Crippen molar-refractivity contribution in [3.8, 4) is 17.0 Å². The van der Waals surface area contributed by atoms with Crippen molar-refractivity contribution in [1.29, 1.82) is 0 Å². The lowest BCUT2D eigenvalue weighted by Gasteiger charge is -2.13. The third kappa shape index (κ3) is 3.33. The molecule has 0 unspecified atom stereocenters. The van der Waals surface area contributed by atoms with Crippen molar-refractivity contribution in [2.24, 2.45) is 0 Å². The van der Waals surface area contributed by atoms with E-state index in [1.165, 1.54) is 37.7 Å². The molecule has 0 aliphatic carbocycles. The molecule has 0 aliphatic heterocycles. The SMILES string of the molecule is CNCc1cn(S(=O)(=O)c2cccnc2C)c(-c2ccccc2F)c1OC. The van der Waals surface area contributed by atoms with Crippen molar-refractivity contribution in [3.05, 3.63) is 65.9 Å². The van der Waals surface area contributed by atoms with Gasteiger partial charge in [-0.3, -0.25) is 4.98 Å². The zero-order valence-corrected chi connectivity index (χ0v) is 16.0. The lowest BCUT2D eigenvalue weighted by Crippen LogP contribution is -2.15. The van der Waals surface area contributed by atoms with Crippen LogP contribution in [0.4, 0.5) is 4.39 Å². The standard InChI is InChI=1S/C19H20FN3O3S/c1-13-17(9-6-10-22-13)27(24,25)23-12-14(11-21-2)19(26-3)18(23)15-7-4-5-8-16(15)20/h4-10,12,21H,11H2,1-3H3. The largest absolute Gasteiger partial charge is 0.494 e. The highest BCUT2D eigenvalue weighted by atomic mass is 32.2. The summed E-state index contributed by atoms with van der Waals surface area (Å²) >= 11 is 0. The predicted octanol–water partition coefficient (Wildman–Crippen LogP) is 2.96. The minimum atomic E-state index is -4.02. The highest BCUT2D eigenvalue weighted by Crippen LogP contribution is 2.38. The summed E-state index contributed by atoms with van der Waals surface area (Å²) in [7, 11) is -0.844. The van der Waals surface area contributed by atoms with Crippen molar-refractivity contribution in [2.75, 3.05) is 14.2 Å². The van der Waals surface area contributed by atoms with Crippen LogP contribution in [0.25, 0.3) is 11.3 Å². The molecule has 1 N–H and O–H groups in total. The highest BCUT2D eigenvalue weighted by Gasteiger charge is 2.29. The second kappa shape index (κ2) is 7.50. The van der Waals surface area contributed by atoms with Gasteiger partial charge in [0.2, 0.25) is 0 Å². The summed E-state index contributed by atoms with van der Waals surface area (Å²) in [5.74, 6) is -0.233. The van der Waals surface area contributed by atoms with Gasteiger partial charge in [0.1, 0.15) is 22.2 Å². The van der Waals surface area contributed by atoms with E-state index in [9.17, 15) is 12.8 Å². The molecule has 1 aromatic carbocycles. The summed E-state index contributed by atoms with van der Waals surface area (Å²) in [4.78, 5) is 4.12. The highest BCUT2D eigenvalue weighted by molar-refractivity contribution is 7.90. The van der Waals surface area contributed by atoms with Crippen molar-refractivity contribution in [2.45, 2.75) is 18.4 Å². The van der Waals surface area contributed by atoms with Crippen molar-refractivity contribution >= 4 is 10.0 Å². The molecular formula is C19H20FN3O3S. The predicted molar refractivity (Wildman–Crippen MR) is 101 cm³/mol. The van der Waals surface area contributed by atoms with E-state index in [1.807, 2.05) is 0 Å². The monoisotopic (exact) mass is 389 g/mol. The Balaban J connectivity index is 2.36. The maximum absolute atomic E-state index is 14.5. The average Bonchev–Trinajstić information content (AvgIpc) is 3.01. The van der Waals surface area contributed by atoms with Crippen molar-refractivity contribution in [3.63, 3.8) is 0 Å². The van der Waals surface area contributed by atoms with Gasteiger partial charge in [-0.05, 0) is 38.2 Å². The number of ether oxygens (including phenoxy) is 1. The Labute approximate surface area is 157 Å². The lowest BCUT2D eigenvalue weighted by molar-refractivity contribution is 0.411. The quantitative estimate of drug-likeness (QED) is 0.702. The topological polar surface area (TPSA) is 73.2 Å². The molecule has 6 nitrogen and oxygen atoms in total. The van der Waals surface area contributed by atoms with Crippen LogP contribution in [0.1, 0.15) is 11.3 Å². The van der Waals surface area contributed by atoms with E-state index < -0.39 is 15.8 Å². The van der Waals surface area contributed by atoms with Crippen LogP contribution in [-0.2, 0) is 16.6 Å². The lowest BCUT2D eigenvalue weighted by atomic mass is 10.1. The number of nitrogens with zero attached hydrogens (tertiary/aromatic N) is 2. The number of hydrogen-bond acceptors (Lipinski definition) is 5. The molecule has 0 atom stereocenters. The Morgan fingerprint density at radius 1 is 1.22 bits per heavy atom. The first-order valence-corrected chi connectivity index (χ1v) is 9.70. The van der Waals surface area contributed by atoms with Gasteiger partial charge in [0.05, 0.1) is 12.8 Å². The fourth-order valence-electron chi connectivity index (χ4n) is 2.99. The van der Waals surface area contributed by atoms with Crippen LogP contribution >= 0.6 is 0 Å². The Morgan fingerprint density at radius 2 is 1.96 bits per heavy atom. The number of rotatable bonds is 6. The number of methoxy groups -OCH3 is 1. The maximum atomic E-state index is 14.5. The molecule has 27 heavy (non-hydrogen) atoms. The second-order valence-corrected chi connectivity index (χ2v) is 7.72. The van der Waals surface area contributed by atoms with E-state index in [0.717, 1.165) is 3.97 Å². The minimum absolute atomic E-state index is 0.0521. The van der Waals surface area contributed by atoms with Gasteiger partial charge in [-0.15, -0.1) is 0 Å². The Kier molecular flexibility index (Phi) is 5.29. The number of pyridine rings is 1. The smallest absolute Gasteiger partial charge is 0.270 e. The molecule has 8 heteroatoms. The van der Waals surface area contributed by atoms with E-state index in [2.05, 4.69) is 10.3 Å². The maximum Gasteiger partial charge on any atom is 0.270 e. The number of aromatic nitrogens is 2. The number of nitrogens with one attached hydrogen (secondary N) is 1. The molecule has 0 amide bonds. The van der Waals surface area contributed by atoms with E-state index >= 15 is 0 Å². The van der Waals surface area contributed by atoms with E-state index in [4.69, 9.17) is 4.74 Å². The number of aryl methyl sites for hydroxylation is 1. The zero-order valence-electron chi connectivity index (χ0n) is 15.2. The van der Waals surface area contributed by atoms with Gasteiger partial charge in [0.15, 0.2) is 0 Å². The van der Waals surface area contributed by atoms with Gasteiger partial charge in [-0.2, -0.15) is 0 Å². The second-order valence-electron chi connectivity index (χ2n) is 5.93. The molecule has 3 rings (SSSR count). The Hall–Kier alpha value is -2.71. The molecule has 3 aromatic rings. The third-order valence-electron chi connectivity index (χ3n) is 4.20. The van der Waals surface area contributed by atoms with Crippen molar-refractivity contribution in [1.82, 2.24) is 14.3 Å². The van der Waals surface area contributed by atoms with Crippen molar-refractivity contribution < 1.29 is 17.5 Å². The molecule has 0 saturated carbocycles. The first-order chi connectivity index (χ1) is 12.9. The average molecular weight is 389 g/mol. The van der Waals surface area contributed by atoms with Crippen LogP contribution < -0.4 is 10.1 Å². The van der Waals surface area contributed by atoms with Gasteiger partial charge in [-0.25, -0.2) is 16.8 Å². The molecule has 0 aliphatic rings. The Morgan fingerprint density at radius 3 is 2.59 bits per heavy atom. The summed E-state index contributed by atoms with van der Waals surface area (Å²) in [5, 5.41) is 2.97. The van der Waals surface area contributed by atoms with E-state index in [0.29, 0.717) is 23.6 Å². The molecule has 0 saturated heterocycles. The van der Waals surface area contributed by atoms with E-state index in [1.54, 1.807) is 32.2 Å². The van der Waals surface area contributed by atoms with Gasteiger partial charge in [0.25, 0.3) is 10.0 Å². The summed E-state index contributed by atoms with van der Waals surface area (Å²) in [5.41, 5.74) is 1.24. The summed E-state index contributed by atoms with van der Waals surface area (Å²) in [6, 6.07) is 9.04. The van der Waals surface area contributed by atoms with E-state index in [-0.39, 0.29) is 16.2 Å². The van der Waals surface area contributed by atoms with Gasteiger partial charge >= 0.3 is 0 Å². The molecule has 0 spiro atoms. The summed E-state index contributed by atoms with van der Waals surface area (Å²) in [6.07, 6.45) is 2.98. The molecule has 0 radical (unpaired) electrons. The molecular weight excluding hydrogens is 369 g/mol. The van der Waals surface area contributed by atoms with Crippen LogP contribution in [0.3, 0.4) is 0 Å². The van der Waals surface area contributed by atoms with Gasteiger partial charge in [-0.1, -0.05) is 12.1 Å². The number of hydrogen-bond donors (Lipinski definition) is 1. The van der Waals surface area contributed by atoms with Crippen LogP contribution in [0.5, 0.6) is 5.75 Å². The fourth-order valence-corrected chi connectivity index (χ4v) is 4.57. The number of halogens is 1. The third-order valence-corrected chi connectivity index (χ3v) is 5.99. The summed E-state index contributed by atoms with van der Waals surface area (Å²) < 4.78 is 47.8. The molecule has 0 fully saturated rings. The first-order valence-electron chi connectivity index (χ1n) is 8.26. The summed E-state index contributed by atoms with van der Waals surface area (Å²) in [6.45, 7) is 1.98. The fraction of sp³-hybridized carbons (Fsp3) is 0.211. The minimum Gasteiger partial charge on any atom is -0.494 e. The Bertz CT molecular complexity index is 1080.